The molecule has 6 nitrogen and oxygen atoms in total. The van der Waals surface area contributed by atoms with E-state index in [1.165, 1.54) is 0 Å². The van der Waals surface area contributed by atoms with E-state index in [0.29, 0.717) is 31.6 Å². The van der Waals surface area contributed by atoms with E-state index < -0.39 is 0 Å². The number of likely N-dealkylation sites (tertiary alicyclic amines) is 2. The monoisotopic (exact) mass is 293 g/mol. The number of hydrogen-bond donors (Lipinski definition) is 1. The third kappa shape index (κ3) is 4.67. The maximum atomic E-state index is 12.1. The van der Waals surface area contributed by atoms with Crippen LogP contribution in [0.4, 0.5) is 0 Å². The van der Waals surface area contributed by atoms with Crippen molar-refractivity contribution in [2.75, 3.05) is 46.3 Å². The van der Waals surface area contributed by atoms with Gasteiger partial charge in [0.25, 0.3) is 0 Å². The number of hydrogen-bond acceptors (Lipinski definition) is 5. The van der Waals surface area contributed by atoms with Gasteiger partial charge in [0.1, 0.15) is 0 Å². The lowest BCUT2D eigenvalue weighted by Crippen LogP contribution is -2.46. The van der Waals surface area contributed by atoms with Crippen molar-refractivity contribution in [3.05, 3.63) is 0 Å². The van der Waals surface area contributed by atoms with Crippen molar-refractivity contribution in [3.63, 3.8) is 0 Å². The van der Waals surface area contributed by atoms with Crippen molar-refractivity contribution in [2.24, 2.45) is 5.73 Å². The number of rotatable bonds is 5. The van der Waals surface area contributed by atoms with Gasteiger partial charge in [-0.1, -0.05) is 0 Å². The standard InChI is InChI=1S/C15H27N5O/c1-18(7-2-6-16)15(21)12-19-8-5-14(11-19)20-9-3-13(17)4-10-20/h13-14H,2-5,7-12,17H2,1H3. The molecule has 118 valence electrons. The molecule has 1 amide bonds. The molecular formula is C15H27N5O. The number of nitrogens with two attached hydrogens (primary N) is 1. The Bertz CT molecular complexity index is 386. The Hall–Kier alpha value is -1.16. The number of carbonyl (C=O) groups excluding carboxylic acids is 1. The molecule has 2 saturated heterocycles. The molecule has 0 aromatic heterocycles. The Kier molecular flexibility index (Phi) is 5.97. The molecule has 2 aliphatic heterocycles. The van der Waals surface area contributed by atoms with Crippen LogP contribution in [0.15, 0.2) is 0 Å². The predicted octanol–water partition coefficient (Wildman–Crippen LogP) is -0.144. The summed E-state index contributed by atoms with van der Waals surface area (Å²) in [6.07, 6.45) is 3.72. The van der Waals surface area contributed by atoms with Crippen LogP contribution in [0.2, 0.25) is 0 Å². The number of carbonyl (C=O) groups is 1. The summed E-state index contributed by atoms with van der Waals surface area (Å²) in [5.74, 6) is 0.117. The first kappa shape index (κ1) is 16.2. The number of nitrogens with zero attached hydrogens (tertiary/aromatic N) is 4. The van der Waals surface area contributed by atoms with Crippen LogP contribution in [0, 0.1) is 11.3 Å². The van der Waals surface area contributed by atoms with Gasteiger partial charge in [0.2, 0.25) is 5.91 Å². The van der Waals surface area contributed by atoms with Crippen molar-refractivity contribution in [3.8, 4) is 6.07 Å². The van der Waals surface area contributed by atoms with Crippen molar-refractivity contribution in [1.82, 2.24) is 14.7 Å². The first-order valence-electron chi connectivity index (χ1n) is 7.93. The average Bonchev–Trinajstić information content (AvgIpc) is 2.93. The van der Waals surface area contributed by atoms with E-state index in [2.05, 4.69) is 15.9 Å². The minimum atomic E-state index is 0.117. The van der Waals surface area contributed by atoms with Crippen molar-refractivity contribution in [2.45, 2.75) is 37.8 Å². The highest BCUT2D eigenvalue weighted by Gasteiger charge is 2.30. The summed E-state index contributed by atoms with van der Waals surface area (Å²) in [4.78, 5) is 18.5. The van der Waals surface area contributed by atoms with E-state index >= 15 is 0 Å². The maximum Gasteiger partial charge on any atom is 0.236 e. The van der Waals surface area contributed by atoms with E-state index in [-0.39, 0.29) is 5.91 Å². The lowest BCUT2D eigenvalue weighted by Gasteiger charge is -2.34. The van der Waals surface area contributed by atoms with E-state index in [4.69, 9.17) is 11.0 Å². The third-order valence-electron chi connectivity index (χ3n) is 4.68. The van der Waals surface area contributed by atoms with Crippen LogP contribution in [0.1, 0.15) is 25.7 Å². The van der Waals surface area contributed by atoms with Crippen LogP contribution < -0.4 is 5.73 Å². The van der Waals surface area contributed by atoms with Crippen molar-refractivity contribution < 1.29 is 4.79 Å². The molecule has 1 unspecified atom stereocenters. The largest absolute Gasteiger partial charge is 0.344 e. The predicted molar refractivity (Wildman–Crippen MR) is 81.5 cm³/mol. The lowest BCUT2D eigenvalue weighted by molar-refractivity contribution is -0.130. The Morgan fingerprint density at radius 3 is 2.71 bits per heavy atom. The number of likely N-dealkylation sites (N-methyl/N-ethyl adjacent to an activating group) is 1. The quantitative estimate of drug-likeness (QED) is 0.763. The maximum absolute atomic E-state index is 12.1. The highest BCUT2D eigenvalue weighted by atomic mass is 16.2. The first-order chi connectivity index (χ1) is 10.1. The van der Waals surface area contributed by atoms with Crippen LogP contribution >= 0.6 is 0 Å². The van der Waals surface area contributed by atoms with Gasteiger partial charge in [-0.2, -0.15) is 5.26 Å². The summed E-state index contributed by atoms with van der Waals surface area (Å²) in [6.45, 7) is 5.16. The zero-order valence-electron chi connectivity index (χ0n) is 13.0. The highest BCUT2D eigenvalue weighted by molar-refractivity contribution is 5.78. The molecule has 0 spiro atoms. The number of piperidine rings is 1. The zero-order chi connectivity index (χ0) is 15.2. The Labute approximate surface area is 127 Å². The summed E-state index contributed by atoms with van der Waals surface area (Å²) >= 11 is 0. The molecule has 0 aromatic carbocycles. The second-order valence-corrected chi connectivity index (χ2v) is 6.27. The molecular weight excluding hydrogens is 266 g/mol. The van der Waals surface area contributed by atoms with Gasteiger partial charge in [-0.15, -0.1) is 0 Å². The van der Waals surface area contributed by atoms with E-state index in [9.17, 15) is 4.79 Å². The van der Waals surface area contributed by atoms with Crippen LogP contribution in [-0.4, -0.2) is 79.0 Å². The normalized spacial score (nSPS) is 24.9. The molecule has 0 saturated carbocycles. The van der Waals surface area contributed by atoms with Crippen molar-refractivity contribution in [1.29, 1.82) is 5.26 Å². The van der Waals surface area contributed by atoms with Gasteiger partial charge < -0.3 is 10.6 Å². The molecule has 0 aromatic rings. The highest BCUT2D eigenvalue weighted by Crippen LogP contribution is 2.19. The molecule has 2 aliphatic rings. The average molecular weight is 293 g/mol. The topological polar surface area (TPSA) is 76.6 Å². The Morgan fingerprint density at radius 2 is 2.05 bits per heavy atom. The molecule has 21 heavy (non-hydrogen) atoms. The van der Waals surface area contributed by atoms with Gasteiger partial charge in [-0.25, -0.2) is 0 Å². The van der Waals surface area contributed by atoms with E-state index in [0.717, 1.165) is 45.4 Å². The number of amides is 1. The first-order valence-corrected chi connectivity index (χ1v) is 7.93. The second-order valence-electron chi connectivity index (χ2n) is 6.27. The lowest BCUT2D eigenvalue weighted by atomic mass is 10.0. The van der Waals surface area contributed by atoms with Crippen LogP contribution in [0.25, 0.3) is 0 Å². The Balaban J connectivity index is 1.72. The molecule has 2 N–H and O–H groups in total. The molecule has 2 rings (SSSR count). The molecule has 2 heterocycles. The van der Waals surface area contributed by atoms with Gasteiger partial charge in [-0.3, -0.25) is 14.6 Å². The third-order valence-corrected chi connectivity index (χ3v) is 4.68. The fourth-order valence-corrected chi connectivity index (χ4v) is 3.19. The zero-order valence-corrected chi connectivity index (χ0v) is 13.0. The van der Waals surface area contributed by atoms with Crippen molar-refractivity contribution >= 4 is 5.91 Å². The molecule has 0 aliphatic carbocycles. The van der Waals surface area contributed by atoms with Crippen LogP contribution in [-0.2, 0) is 4.79 Å². The molecule has 2 fully saturated rings. The van der Waals surface area contributed by atoms with Gasteiger partial charge in [0.15, 0.2) is 0 Å². The van der Waals surface area contributed by atoms with Crippen LogP contribution in [0.3, 0.4) is 0 Å². The number of nitriles is 1. The fraction of sp³-hybridized carbons (Fsp3) is 0.867. The summed E-state index contributed by atoms with van der Waals surface area (Å²) in [5, 5.41) is 8.57. The summed E-state index contributed by atoms with van der Waals surface area (Å²) < 4.78 is 0. The fourth-order valence-electron chi connectivity index (χ4n) is 3.19. The Morgan fingerprint density at radius 1 is 1.33 bits per heavy atom. The van der Waals surface area contributed by atoms with Crippen LogP contribution in [0.5, 0.6) is 0 Å². The minimum Gasteiger partial charge on any atom is -0.344 e. The molecule has 0 bridgehead atoms. The smallest absolute Gasteiger partial charge is 0.236 e. The van der Waals surface area contributed by atoms with Gasteiger partial charge in [0.05, 0.1) is 19.0 Å². The second kappa shape index (κ2) is 7.74. The van der Waals surface area contributed by atoms with Gasteiger partial charge >= 0.3 is 0 Å². The summed E-state index contributed by atoms with van der Waals surface area (Å²) in [6, 6.07) is 3.02. The van der Waals surface area contributed by atoms with Gasteiger partial charge in [-0.05, 0) is 32.4 Å². The van der Waals surface area contributed by atoms with E-state index in [1.807, 2.05) is 0 Å². The SMILES string of the molecule is CN(CCC#N)C(=O)CN1CCC(N2CCC(N)CC2)C1. The molecule has 1 atom stereocenters. The molecule has 6 heteroatoms. The summed E-state index contributed by atoms with van der Waals surface area (Å²) in [5.41, 5.74) is 5.95. The summed E-state index contributed by atoms with van der Waals surface area (Å²) in [7, 11) is 1.78. The molecule has 0 radical (unpaired) electrons. The van der Waals surface area contributed by atoms with E-state index in [1.54, 1.807) is 11.9 Å². The minimum absolute atomic E-state index is 0.117. The van der Waals surface area contributed by atoms with Gasteiger partial charge in [0, 0.05) is 38.8 Å².